The van der Waals surface area contributed by atoms with Crippen molar-refractivity contribution in [2.75, 3.05) is 42.0 Å². The predicted molar refractivity (Wildman–Crippen MR) is 102 cm³/mol. The molecule has 0 N–H and O–H groups in total. The van der Waals surface area contributed by atoms with E-state index < -0.39 is 0 Å². The molecule has 0 radical (unpaired) electrons. The number of likely N-dealkylation sites (N-methyl/N-ethyl adjacent to an activating group) is 1. The average Bonchev–Trinajstić information content (AvgIpc) is 2.68. The van der Waals surface area contributed by atoms with Gasteiger partial charge in [-0.3, -0.25) is 4.90 Å². The van der Waals surface area contributed by atoms with Crippen molar-refractivity contribution in [3.05, 3.63) is 47.0 Å². The van der Waals surface area contributed by atoms with Crippen molar-refractivity contribution in [2.24, 2.45) is 0 Å². The molecule has 2 aromatic rings. The van der Waals surface area contributed by atoms with Crippen molar-refractivity contribution in [1.82, 2.24) is 4.90 Å². The van der Waals surface area contributed by atoms with E-state index in [4.69, 9.17) is 18.9 Å². The molecular weight excluding hydrogens is 330 g/mol. The maximum atomic E-state index is 5.74. The number of hydrogen-bond acceptors (Lipinski definition) is 5. The fraction of sp³-hybridized carbons (Fsp3) is 0.429. The Hall–Kier alpha value is -2.40. The molecule has 1 aliphatic rings. The van der Waals surface area contributed by atoms with Crippen LogP contribution in [0.4, 0.5) is 0 Å². The minimum Gasteiger partial charge on any atom is -0.493 e. The van der Waals surface area contributed by atoms with Crippen LogP contribution in [0.2, 0.25) is 0 Å². The van der Waals surface area contributed by atoms with E-state index in [1.807, 2.05) is 18.2 Å². The highest BCUT2D eigenvalue weighted by molar-refractivity contribution is 5.54. The van der Waals surface area contributed by atoms with Gasteiger partial charge in [-0.1, -0.05) is 12.1 Å². The van der Waals surface area contributed by atoms with Crippen molar-refractivity contribution in [1.29, 1.82) is 0 Å². The van der Waals surface area contributed by atoms with Crippen LogP contribution in [0, 0.1) is 0 Å². The number of ether oxygens (including phenoxy) is 4. The molecule has 140 valence electrons. The third-order valence-corrected chi connectivity index (χ3v) is 5.15. The van der Waals surface area contributed by atoms with E-state index in [-0.39, 0.29) is 6.04 Å². The molecule has 1 heterocycles. The minimum absolute atomic E-state index is 0.210. The number of fused-ring (bicyclic) bond motifs is 1. The average molecular weight is 357 g/mol. The first kappa shape index (κ1) is 18.4. The second-order valence-electron chi connectivity index (χ2n) is 6.51. The molecule has 0 saturated carbocycles. The van der Waals surface area contributed by atoms with Crippen LogP contribution in [0.1, 0.15) is 22.7 Å². The van der Waals surface area contributed by atoms with E-state index in [9.17, 15) is 0 Å². The molecule has 5 nitrogen and oxygen atoms in total. The highest BCUT2D eigenvalue weighted by atomic mass is 16.5. The number of methoxy groups -OCH3 is 4. The number of hydrogen-bond donors (Lipinski definition) is 0. The van der Waals surface area contributed by atoms with Gasteiger partial charge in [0.05, 0.1) is 28.4 Å². The zero-order valence-corrected chi connectivity index (χ0v) is 16.2. The molecular formula is C21H27NO4. The summed E-state index contributed by atoms with van der Waals surface area (Å²) in [4.78, 5) is 2.38. The maximum absolute atomic E-state index is 5.74. The Kier molecular flexibility index (Phi) is 5.57. The molecule has 3 rings (SSSR count). The highest BCUT2D eigenvalue weighted by Crippen LogP contribution is 2.43. The smallest absolute Gasteiger partial charge is 0.165 e. The van der Waals surface area contributed by atoms with Gasteiger partial charge in [0.25, 0.3) is 0 Å². The standard InChI is InChI=1S/C21H27NO4/c1-22-11-10-15-7-9-18(24-3)21(26-5)20(15)16(22)12-14-6-8-17(23-2)19(13-14)25-4/h6-9,13,16H,10-12H2,1-5H3. The molecule has 0 amide bonds. The molecule has 0 aliphatic carbocycles. The first-order valence-electron chi connectivity index (χ1n) is 8.77. The van der Waals surface area contributed by atoms with E-state index in [0.29, 0.717) is 0 Å². The molecule has 0 fully saturated rings. The van der Waals surface area contributed by atoms with E-state index in [2.05, 4.69) is 24.1 Å². The lowest BCUT2D eigenvalue weighted by Crippen LogP contribution is -2.33. The third-order valence-electron chi connectivity index (χ3n) is 5.15. The second kappa shape index (κ2) is 7.87. The van der Waals surface area contributed by atoms with Crippen LogP contribution in [0.5, 0.6) is 23.0 Å². The fourth-order valence-corrected chi connectivity index (χ4v) is 3.74. The van der Waals surface area contributed by atoms with Crippen molar-refractivity contribution in [2.45, 2.75) is 18.9 Å². The van der Waals surface area contributed by atoms with Crippen molar-refractivity contribution in [3.8, 4) is 23.0 Å². The minimum atomic E-state index is 0.210. The summed E-state index contributed by atoms with van der Waals surface area (Å²) < 4.78 is 22.1. The molecule has 0 aromatic heterocycles. The molecule has 0 saturated heterocycles. The van der Waals surface area contributed by atoms with Crippen molar-refractivity contribution < 1.29 is 18.9 Å². The Morgan fingerprint density at radius 1 is 0.885 bits per heavy atom. The highest BCUT2D eigenvalue weighted by Gasteiger charge is 2.30. The summed E-state index contributed by atoms with van der Waals surface area (Å²) in [5.41, 5.74) is 3.74. The van der Waals surface area contributed by atoms with Gasteiger partial charge in [-0.15, -0.1) is 0 Å². The van der Waals surface area contributed by atoms with Gasteiger partial charge in [0, 0.05) is 18.2 Å². The van der Waals surface area contributed by atoms with Crippen LogP contribution in [0.3, 0.4) is 0 Å². The Balaban J connectivity index is 2.01. The van der Waals surface area contributed by atoms with E-state index in [1.54, 1.807) is 28.4 Å². The summed E-state index contributed by atoms with van der Waals surface area (Å²) in [7, 11) is 8.87. The van der Waals surface area contributed by atoms with E-state index >= 15 is 0 Å². The number of benzene rings is 2. The molecule has 0 spiro atoms. The Bertz CT molecular complexity index is 775. The monoisotopic (exact) mass is 357 g/mol. The van der Waals surface area contributed by atoms with Gasteiger partial charge in [0.15, 0.2) is 23.0 Å². The molecule has 0 bridgehead atoms. The van der Waals surface area contributed by atoms with E-state index in [0.717, 1.165) is 42.4 Å². The fourth-order valence-electron chi connectivity index (χ4n) is 3.74. The van der Waals surface area contributed by atoms with Crippen LogP contribution in [0.25, 0.3) is 0 Å². The van der Waals surface area contributed by atoms with E-state index in [1.165, 1.54) is 16.7 Å². The first-order chi connectivity index (χ1) is 12.6. The lowest BCUT2D eigenvalue weighted by atomic mass is 9.88. The van der Waals surface area contributed by atoms with Crippen LogP contribution < -0.4 is 18.9 Å². The SMILES string of the molecule is COc1ccc(CC2c3c(ccc(OC)c3OC)CCN2C)cc1OC. The Morgan fingerprint density at radius 3 is 2.23 bits per heavy atom. The van der Waals surface area contributed by atoms with Gasteiger partial charge >= 0.3 is 0 Å². The largest absolute Gasteiger partial charge is 0.493 e. The number of rotatable bonds is 6. The summed E-state index contributed by atoms with van der Waals surface area (Å²) in [6.07, 6.45) is 1.86. The summed E-state index contributed by atoms with van der Waals surface area (Å²) in [6.45, 7) is 1.01. The zero-order valence-electron chi connectivity index (χ0n) is 16.2. The summed E-state index contributed by atoms with van der Waals surface area (Å²) in [5.74, 6) is 3.11. The molecule has 1 unspecified atom stereocenters. The van der Waals surface area contributed by atoms with Crippen LogP contribution in [0.15, 0.2) is 30.3 Å². The van der Waals surface area contributed by atoms with Crippen LogP contribution in [-0.2, 0) is 12.8 Å². The van der Waals surface area contributed by atoms with Crippen LogP contribution >= 0.6 is 0 Å². The lowest BCUT2D eigenvalue weighted by molar-refractivity contribution is 0.220. The summed E-state index contributed by atoms with van der Waals surface area (Å²) >= 11 is 0. The van der Waals surface area contributed by atoms with Gasteiger partial charge in [-0.25, -0.2) is 0 Å². The summed E-state index contributed by atoms with van der Waals surface area (Å²) in [5, 5.41) is 0. The maximum Gasteiger partial charge on any atom is 0.165 e. The molecule has 26 heavy (non-hydrogen) atoms. The molecule has 1 aliphatic heterocycles. The Morgan fingerprint density at radius 2 is 1.58 bits per heavy atom. The molecule has 5 heteroatoms. The van der Waals surface area contributed by atoms with Crippen molar-refractivity contribution >= 4 is 0 Å². The van der Waals surface area contributed by atoms with Gasteiger partial charge < -0.3 is 18.9 Å². The topological polar surface area (TPSA) is 40.2 Å². The predicted octanol–water partition coefficient (Wildman–Crippen LogP) is 3.49. The van der Waals surface area contributed by atoms with Gasteiger partial charge in [-0.05, 0) is 49.2 Å². The third kappa shape index (κ3) is 3.31. The molecule has 2 aromatic carbocycles. The quantitative estimate of drug-likeness (QED) is 0.791. The number of nitrogens with zero attached hydrogens (tertiary/aromatic N) is 1. The lowest BCUT2D eigenvalue weighted by Gasteiger charge is -2.36. The first-order valence-corrected chi connectivity index (χ1v) is 8.77. The van der Waals surface area contributed by atoms with Gasteiger partial charge in [0.2, 0.25) is 0 Å². The molecule has 1 atom stereocenters. The Labute approximate surface area is 155 Å². The van der Waals surface area contributed by atoms with Gasteiger partial charge in [0.1, 0.15) is 0 Å². The summed E-state index contributed by atoms with van der Waals surface area (Å²) in [6, 6.07) is 10.5. The van der Waals surface area contributed by atoms with Gasteiger partial charge in [-0.2, -0.15) is 0 Å². The van der Waals surface area contributed by atoms with Crippen LogP contribution in [-0.4, -0.2) is 46.9 Å². The second-order valence-corrected chi connectivity index (χ2v) is 6.51. The van der Waals surface area contributed by atoms with Crippen molar-refractivity contribution in [3.63, 3.8) is 0 Å². The zero-order chi connectivity index (χ0) is 18.7. The normalized spacial score (nSPS) is 16.7.